The summed E-state index contributed by atoms with van der Waals surface area (Å²) in [5.74, 6) is 0.667. The predicted molar refractivity (Wildman–Crippen MR) is 80.7 cm³/mol. The number of anilines is 2. The van der Waals surface area contributed by atoms with Gasteiger partial charge < -0.3 is 15.4 Å². The van der Waals surface area contributed by atoms with Crippen LogP contribution in [0, 0.1) is 11.3 Å². The summed E-state index contributed by atoms with van der Waals surface area (Å²) in [4.78, 5) is 2.04. The van der Waals surface area contributed by atoms with Crippen molar-refractivity contribution in [1.82, 2.24) is 0 Å². The van der Waals surface area contributed by atoms with Gasteiger partial charge in [0.25, 0.3) is 0 Å². The number of hydrogen-bond donors (Lipinski definition) is 1. The van der Waals surface area contributed by atoms with Crippen molar-refractivity contribution in [3.63, 3.8) is 0 Å². The van der Waals surface area contributed by atoms with Crippen LogP contribution in [0.25, 0.3) is 0 Å². The van der Waals surface area contributed by atoms with Crippen LogP contribution < -0.4 is 15.4 Å². The zero-order chi connectivity index (χ0) is 14.5. The van der Waals surface area contributed by atoms with Crippen LogP contribution in [0.5, 0.6) is 5.75 Å². The largest absolute Gasteiger partial charge is 0.495 e. The molecule has 2 N–H and O–H groups in total. The highest BCUT2D eigenvalue weighted by Gasteiger charge is 2.10. The molecule has 0 fully saturated rings. The molecule has 0 aliphatic rings. The molecule has 4 heteroatoms. The monoisotopic (exact) mass is 267 g/mol. The highest BCUT2D eigenvalue weighted by Crippen LogP contribution is 2.31. The third-order valence-corrected chi connectivity index (χ3v) is 3.15. The third-order valence-electron chi connectivity index (χ3n) is 3.15. The minimum Gasteiger partial charge on any atom is -0.495 e. The van der Waals surface area contributed by atoms with Crippen LogP contribution in [0.1, 0.15) is 11.1 Å². The van der Waals surface area contributed by atoms with Crippen molar-refractivity contribution in [2.45, 2.75) is 6.54 Å². The molecule has 0 radical (unpaired) electrons. The van der Waals surface area contributed by atoms with Gasteiger partial charge in [-0.3, -0.25) is 0 Å². The molecule has 0 spiro atoms. The van der Waals surface area contributed by atoms with E-state index in [-0.39, 0.29) is 0 Å². The number of nitriles is 1. The fourth-order valence-corrected chi connectivity index (χ4v) is 2.14. The molecule has 4 nitrogen and oxygen atoms in total. The van der Waals surface area contributed by atoms with Crippen molar-refractivity contribution < 1.29 is 4.74 Å². The van der Waals surface area contributed by atoms with Crippen molar-refractivity contribution >= 4 is 11.4 Å². The molecular formula is C16H17N3O. The fourth-order valence-electron chi connectivity index (χ4n) is 2.14. The van der Waals surface area contributed by atoms with E-state index in [0.29, 0.717) is 23.5 Å². The topological polar surface area (TPSA) is 62.3 Å². The van der Waals surface area contributed by atoms with Crippen LogP contribution in [0.3, 0.4) is 0 Å². The van der Waals surface area contributed by atoms with Crippen LogP contribution in [0.4, 0.5) is 11.4 Å². The van der Waals surface area contributed by atoms with Gasteiger partial charge in [0.2, 0.25) is 0 Å². The molecule has 0 saturated heterocycles. The number of ether oxygens (including phenoxy) is 1. The van der Waals surface area contributed by atoms with E-state index >= 15 is 0 Å². The zero-order valence-corrected chi connectivity index (χ0v) is 11.6. The standard InChI is InChI=1S/C16H17N3O/c1-19(11-13-6-3-5-12(9-13)10-17)14-7-4-8-15(20-2)16(14)18/h3-9H,11,18H2,1-2H3. The van der Waals surface area contributed by atoms with Gasteiger partial charge in [-0.2, -0.15) is 5.26 Å². The second-order valence-electron chi connectivity index (χ2n) is 4.56. The lowest BCUT2D eigenvalue weighted by Crippen LogP contribution is -2.18. The number of nitrogens with two attached hydrogens (primary N) is 1. The summed E-state index contributed by atoms with van der Waals surface area (Å²) in [5, 5.41) is 8.93. The van der Waals surface area contributed by atoms with Gasteiger partial charge in [0.05, 0.1) is 30.1 Å². The molecular weight excluding hydrogens is 250 g/mol. The first kappa shape index (κ1) is 13.8. The third kappa shape index (κ3) is 2.83. The second kappa shape index (κ2) is 5.98. The molecule has 0 aliphatic heterocycles. The first-order valence-corrected chi connectivity index (χ1v) is 6.28. The van der Waals surface area contributed by atoms with Gasteiger partial charge in [0.1, 0.15) is 5.75 Å². The maximum Gasteiger partial charge on any atom is 0.143 e. The van der Waals surface area contributed by atoms with Crippen LogP contribution in [-0.2, 0) is 6.54 Å². The lowest BCUT2D eigenvalue weighted by molar-refractivity contribution is 0.417. The maximum absolute atomic E-state index is 8.93. The van der Waals surface area contributed by atoms with E-state index in [9.17, 15) is 0 Å². The Hall–Kier alpha value is -2.67. The molecule has 0 atom stereocenters. The molecule has 20 heavy (non-hydrogen) atoms. The van der Waals surface area contributed by atoms with Gasteiger partial charge in [-0.25, -0.2) is 0 Å². The molecule has 2 aromatic rings. The maximum atomic E-state index is 8.93. The lowest BCUT2D eigenvalue weighted by Gasteiger charge is -2.22. The SMILES string of the molecule is COc1cccc(N(C)Cc2cccc(C#N)c2)c1N. The predicted octanol–water partition coefficient (Wildman–Crippen LogP) is 2.79. The summed E-state index contributed by atoms with van der Waals surface area (Å²) in [6, 6.07) is 15.4. The van der Waals surface area contributed by atoms with Crippen molar-refractivity contribution in [3.8, 4) is 11.8 Å². The molecule has 0 bridgehead atoms. The molecule has 0 aromatic heterocycles. The zero-order valence-electron chi connectivity index (χ0n) is 11.6. The fraction of sp³-hybridized carbons (Fsp3) is 0.188. The Balaban J connectivity index is 2.24. The van der Waals surface area contributed by atoms with Crippen molar-refractivity contribution in [2.75, 3.05) is 24.8 Å². The van der Waals surface area contributed by atoms with E-state index in [1.165, 1.54) is 0 Å². The Morgan fingerprint density at radius 2 is 2.00 bits per heavy atom. The Morgan fingerprint density at radius 1 is 1.25 bits per heavy atom. The molecule has 0 aliphatic carbocycles. The number of nitrogens with zero attached hydrogens (tertiary/aromatic N) is 2. The normalized spacial score (nSPS) is 9.85. The van der Waals surface area contributed by atoms with Crippen LogP contribution in [-0.4, -0.2) is 14.2 Å². The summed E-state index contributed by atoms with van der Waals surface area (Å²) >= 11 is 0. The van der Waals surface area contributed by atoms with Crippen LogP contribution in [0.15, 0.2) is 42.5 Å². The summed E-state index contributed by atoms with van der Waals surface area (Å²) in [6.45, 7) is 0.673. The van der Waals surface area contributed by atoms with Gasteiger partial charge in [0.15, 0.2) is 0 Å². The number of methoxy groups -OCH3 is 1. The molecule has 0 unspecified atom stereocenters. The van der Waals surface area contributed by atoms with Gasteiger partial charge in [-0.05, 0) is 29.8 Å². The van der Waals surface area contributed by atoms with E-state index in [1.807, 2.05) is 48.3 Å². The van der Waals surface area contributed by atoms with E-state index in [1.54, 1.807) is 13.2 Å². The molecule has 0 amide bonds. The quantitative estimate of drug-likeness (QED) is 0.865. The molecule has 0 heterocycles. The summed E-state index contributed by atoms with van der Waals surface area (Å²) < 4.78 is 5.23. The molecule has 2 rings (SSSR count). The van der Waals surface area contributed by atoms with Crippen LogP contribution >= 0.6 is 0 Å². The van der Waals surface area contributed by atoms with Gasteiger partial charge in [0, 0.05) is 13.6 Å². The van der Waals surface area contributed by atoms with Gasteiger partial charge >= 0.3 is 0 Å². The Morgan fingerprint density at radius 3 is 2.70 bits per heavy atom. The lowest BCUT2D eigenvalue weighted by atomic mass is 10.1. The van der Waals surface area contributed by atoms with Crippen molar-refractivity contribution in [3.05, 3.63) is 53.6 Å². The highest BCUT2D eigenvalue weighted by molar-refractivity contribution is 5.73. The van der Waals surface area contributed by atoms with Gasteiger partial charge in [-0.1, -0.05) is 18.2 Å². The average molecular weight is 267 g/mol. The molecule has 102 valence electrons. The van der Waals surface area contributed by atoms with E-state index in [2.05, 4.69) is 6.07 Å². The number of para-hydroxylation sites is 1. The minimum absolute atomic E-state index is 0.619. The number of benzene rings is 2. The van der Waals surface area contributed by atoms with Gasteiger partial charge in [-0.15, -0.1) is 0 Å². The highest BCUT2D eigenvalue weighted by atomic mass is 16.5. The minimum atomic E-state index is 0.619. The molecule has 0 saturated carbocycles. The number of hydrogen-bond acceptors (Lipinski definition) is 4. The molecule has 2 aromatic carbocycles. The average Bonchev–Trinajstić information content (AvgIpc) is 2.47. The van der Waals surface area contributed by atoms with E-state index < -0.39 is 0 Å². The van der Waals surface area contributed by atoms with Crippen molar-refractivity contribution in [2.24, 2.45) is 0 Å². The second-order valence-corrected chi connectivity index (χ2v) is 4.56. The Kier molecular flexibility index (Phi) is 4.11. The van der Waals surface area contributed by atoms with E-state index in [0.717, 1.165) is 11.3 Å². The van der Waals surface area contributed by atoms with E-state index in [4.69, 9.17) is 15.7 Å². The number of rotatable bonds is 4. The summed E-state index contributed by atoms with van der Waals surface area (Å²) in [7, 11) is 3.57. The first-order chi connectivity index (χ1) is 9.65. The Bertz CT molecular complexity index is 646. The summed E-state index contributed by atoms with van der Waals surface area (Å²) in [6.07, 6.45) is 0. The smallest absolute Gasteiger partial charge is 0.143 e. The Labute approximate surface area is 119 Å². The van der Waals surface area contributed by atoms with Crippen molar-refractivity contribution in [1.29, 1.82) is 5.26 Å². The van der Waals surface area contributed by atoms with Crippen LogP contribution in [0.2, 0.25) is 0 Å². The number of nitrogen functional groups attached to an aromatic ring is 1. The first-order valence-electron chi connectivity index (χ1n) is 6.28. The summed E-state index contributed by atoms with van der Waals surface area (Å²) in [5.41, 5.74) is 9.34.